The number of nitrogens with zero attached hydrogens (tertiary/aromatic N) is 4. The first-order valence-electron chi connectivity index (χ1n) is 10.8. The zero-order chi connectivity index (χ0) is 21.4. The number of amides is 1. The molecule has 5 rings (SSSR count). The van der Waals surface area contributed by atoms with Gasteiger partial charge in [-0.05, 0) is 25.1 Å². The van der Waals surface area contributed by atoms with Gasteiger partial charge in [0.25, 0.3) is 0 Å². The second kappa shape index (κ2) is 8.19. The van der Waals surface area contributed by atoms with Crippen LogP contribution in [0.25, 0.3) is 22.3 Å². The summed E-state index contributed by atoms with van der Waals surface area (Å²) in [6.45, 7) is 5.90. The Morgan fingerprint density at radius 1 is 1.26 bits per heavy atom. The van der Waals surface area contributed by atoms with Crippen LogP contribution in [0.15, 0.2) is 36.7 Å². The topological polar surface area (TPSA) is 81.5 Å². The second-order valence-corrected chi connectivity index (χ2v) is 8.28. The molecule has 2 fully saturated rings. The van der Waals surface area contributed by atoms with Crippen molar-refractivity contribution in [3.8, 4) is 17.1 Å². The summed E-state index contributed by atoms with van der Waals surface area (Å²) in [4.78, 5) is 23.4. The lowest BCUT2D eigenvalue weighted by Crippen LogP contribution is -2.36. The molecule has 0 bridgehead atoms. The second-order valence-electron chi connectivity index (χ2n) is 8.28. The molecule has 2 aliphatic heterocycles. The quantitative estimate of drug-likeness (QED) is 0.681. The number of fused-ring (bicyclic) bond motifs is 1. The molecule has 2 unspecified atom stereocenters. The molecule has 1 N–H and O–H groups in total. The molecule has 162 valence electrons. The monoisotopic (exact) mass is 421 g/mol. The van der Waals surface area contributed by atoms with Gasteiger partial charge in [-0.25, -0.2) is 9.97 Å². The molecule has 2 aromatic heterocycles. The molecule has 31 heavy (non-hydrogen) atoms. The zero-order valence-electron chi connectivity index (χ0n) is 17.9. The molecule has 3 aromatic rings. The third-order valence-electron chi connectivity index (χ3n) is 6.15. The van der Waals surface area contributed by atoms with Crippen LogP contribution in [0.3, 0.4) is 0 Å². The van der Waals surface area contributed by atoms with Crippen LogP contribution in [0.4, 0.5) is 5.69 Å². The maximum atomic E-state index is 11.6. The van der Waals surface area contributed by atoms with Crippen molar-refractivity contribution in [2.45, 2.75) is 19.4 Å². The minimum absolute atomic E-state index is 0.0766. The van der Waals surface area contributed by atoms with Gasteiger partial charge >= 0.3 is 0 Å². The van der Waals surface area contributed by atoms with Gasteiger partial charge in [-0.3, -0.25) is 4.79 Å². The van der Waals surface area contributed by atoms with Gasteiger partial charge in [-0.1, -0.05) is 12.1 Å². The summed E-state index contributed by atoms with van der Waals surface area (Å²) in [5.41, 5.74) is 4.70. The van der Waals surface area contributed by atoms with E-state index in [9.17, 15) is 4.79 Å². The first kappa shape index (κ1) is 19.8. The van der Waals surface area contributed by atoms with E-state index in [1.54, 1.807) is 6.33 Å². The Hall–Kier alpha value is -3.13. The van der Waals surface area contributed by atoms with Gasteiger partial charge in [-0.15, -0.1) is 0 Å². The van der Waals surface area contributed by atoms with Crippen molar-refractivity contribution in [3.63, 3.8) is 0 Å². The van der Waals surface area contributed by atoms with Gasteiger partial charge < -0.3 is 24.3 Å². The Morgan fingerprint density at radius 3 is 2.87 bits per heavy atom. The fraction of sp³-hybridized carbons (Fsp3) is 0.435. The molecule has 0 aliphatic carbocycles. The summed E-state index contributed by atoms with van der Waals surface area (Å²) in [6.07, 6.45) is 2.12. The number of pyridine rings is 1. The summed E-state index contributed by atoms with van der Waals surface area (Å²) in [5, 5.41) is 2.88. The predicted octanol–water partition coefficient (Wildman–Crippen LogP) is 2.38. The number of carbonyl (C=O) groups excluding carboxylic acids is 1. The normalized spacial score (nSPS) is 20.1. The molecule has 2 aliphatic rings. The number of aromatic nitrogens is 3. The van der Waals surface area contributed by atoms with Gasteiger partial charge in [0.15, 0.2) is 0 Å². The molecule has 1 amide bonds. The van der Waals surface area contributed by atoms with Crippen LogP contribution in [0.5, 0.6) is 5.88 Å². The Bertz CT molecular complexity index is 1110. The van der Waals surface area contributed by atoms with Crippen molar-refractivity contribution in [2.75, 3.05) is 37.7 Å². The third kappa shape index (κ3) is 3.95. The SMILES string of the molecule is CC(Oc1nc(-c2cccc(N3CCOCC3)c2)cc2ncn(C)c12)C1CNC(=O)C1. The van der Waals surface area contributed by atoms with Gasteiger partial charge in [0.05, 0.1) is 30.8 Å². The maximum absolute atomic E-state index is 11.6. The predicted molar refractivity (Wildman–Crippen MR) is 118 cm³/mol. The number of nitrogens with one attached hydrogen (secondary N) is 1. The fourth-order valence-electron chi connectivity index (χ4n) is 4.28. The number of carbonyl (C=O) groups is 1. The number of anilines is 1. The lowest BCUT2D eigenvalue weighted by atomic mass is 10.0. The highest BCUT2D eigenvalue weighted by Crippen LogP contribution is 2.32. The summed E-state index contributed by atoms with van der Waals surface area (Å²) in [7, 11) is 1.94. The van der Waals surface area contributed by atoms with E-state index in [2.05, 4.69) is 39.5 Å². The summed E-state index contributed by atoms with van der Waals surface area (Å²) >= 11 is 0. The van der Waals surface area contributed by atoms with E-state index in [0.717, 1.165) is 54.3 Å². The lowest BCUT2D eigenvalue weighted by Gasteiger charge is -2.29. The number of morpholine rings is 1. The van der Waals surface area contributed by atoms with Crippen LogP contribution >= 0.6 is 0 Å². The van der Waals surface area contributed by atoms with Crippen LogP contribution in [-0.2, 0) is 16.6 Å². The standard InChI is InChI=1S/C23H27N5O3/c1-15(17-11-21(29)24-13-17)31-23-22-20(25-14-27(22)2)12-19(26-23)16-4-3-5-18(10-16)28-6-8-30-9-7-28/h3-5,10,12,14-15,17H,6-9,11,13H2,1-2H3,(H,24,29). The van der Waals surface area contributed by atoms with Gasteiger partial charge in [0, 0.05) is 50.3 Å². The molecule has 2 atom stereocenters. The van der Waals surface area contributed by atoms with Gasteiger partial charge in [0.2, 0.25) is 11.8 Å². The number of aryl methyl sites for hydroxylation is 1. The molecule has 8 nitrogen and oxygen atoms in total. The molecule has 1 aromatic carbocycles. The van der Waals surface area contributed by atoms with Crippen LogP contribution < -0.4 is 15.0 Å². The van der Waals surface area contributed by atoms with Gasteiger partial charge in [-0.2, -0.15) is 0 Å². The fourth-order valence-corrected chi connectivity index (χ4v) is 4.28. The van der Waals surface area contributed by atoms with E-state index in [0.29, 0.717) is 18.8 Å². The number of rotatable bonds is 5. The number of imidazole rings is 1. The Balaban J connectivity index is 1.49. The summed E-state index contributed by atoms with van der Waals surface area (Å²) < 4.78 is 13.7. The number of hydrogen-bond acceptors (Lipinski definition) is 6. The lowest BCUT2D eigenvalue weighted by molar-refractivity contribution is -0.119. The summed E-state index contributed by atoms with van der Waals surface area (Å²) in [6, 6.07) is 10.4. The van der Waals surface area contributed by atoms with Crippen molar-refractivity contribution in [3.05, 3.63) is 36.7 Å². The van der Waals surface area contributed by atoms with Crippen molar-refractivity contribution >= 4 is 22.6 Å². The van der Waals surface area contributed by atoms with E-state index in [1.165, 1.54) is 0 Å². The summed E-state index contributed by atoms with van der Waals surface area (Å²) in [5.74, 6) is 0.759. The first-order chi connectivity index (χ1) is 15.1. The Morgan fingerprint density at radius 2 is 2.10 bits per heavy atom. The van der Waals surface area contributed by atoms with Crippen molar-refractivity contribution in [1.82, 2.24) is 19.9 Å². The van der Waals surface area contributed by atoms with E-state index < -0.39 is 0 Å². The van der Waals surface area contributed by atoms with Crippen molar-refractivity contribution in [1.29, 1.82) is 0 Å². The maximum Gasteiger partial charge on any atom is 0.241 e. The Labute approximate surface area is 181 Å². The highest BCUT2D eigenvalue weighted by atomic mass is 16.5. The largest absolute Gasteiger partial charge is 0.473 e. The van der Waals surface area contributed by atoms with Crippen LogP contribution in [0.2, 0.25) is 0 Å². The third-order valence-corrected chi connectivity index (χ3v) is 6.15. The van der Waals surface area contributed by atoms with E-state index in [1.807, 2.05) is 24.6 Å². The van der Waals surface area contributed by atoms with Gasteiger partial charge in [0.1, 0.15) is 11.6 Å². The molecule has 2 saturated heterocycles. The average Bonchev–Trinajstić information content (AvgIpc) is 3.40. The first-order valence-corrected chi connectivity index (χ1v) is 10.8. The molecular formula is C23H27N5O3. The number of hydrogen-bond donors (Lipinski definition) is 1. The minimum atomic E-state index is -0.139. The number of benzene rings is 1. The van der Waals surface area contributed by atoms with E-state index in [4.69, 9.17) is 14.5 Å². The van der Waals surface area contributed by atoms with Crippen molar-refractivity contribution in [2.24, 2.45) is 13.0 Å². The van der Waals surface area contributed by atoms with Crippen molar-refractivity contribution < 1.29 is 14.3 Å². The average molecular weight is 422 g/mol. The zero-order valence-corrected chi connectivity index (χ0v) is 17.9. The molecule has 8 heteroatoms. The molecular weight excluding hydrogens is 394 g/mol. The van der Waals surface area contributed by atoms with E-state index in [-0.39, 0.29) is 17.9 Å². The Kier molecular flexibility index (Phi) is 5.23. The molecule has 4 heterocycles. The molecule has 0 spiro atoms. The molecule has 0 radical (unpaired) electrons. The van der Waals surface area contributed by atoms with Crippen LogP contribution in [-0.4, -0.2) is 59.4 Å². The minimum Gasteiger partial charge on any atom is -0.473 e. The molecule has 0 saturated carbocycles. The smallest absolute Gasteiger partial charge is 0.241 e. The van der Waals surface area contributed by atoms with E-state index >= 15 is 0 Å². The van der Waals surface area contributed by atoms with Crippen LogP contribution in [0.1, 0.15) is 13.3 Å². The highest BCUT2D eigenvalue weighted by molar-refractivity contribution is 5.85. The highest BCUT2D eigenvalue weighted by Gasteiger charge is 2.29. The number of ether oxygens (including phenoxy) is 2. The van der Waals surface area contributed by atoms with Crippen LogP contribution in [0, 0.1) is 5.92 Å².